The third kappa shape index (κ3) is 12.8. The van der Waals surface area contributed by atoms with Crippen molar-refractivity contribution >= 4 is 12.1 Å². The molecule has 49 heavy (non-hydrogen) atoms. The first-order valence-corrected chi connectivity index (χ1v) is 18.5. The molecule has 0 bridgehead atoms. The highest BCUT2D eigenvalue weighted by atomic mass is 16.6. The molecule has 1 amide bonds. The average Bonchev–Trinajstić information content (AvgIpc) is 3.84. The maximum atomic E-state index is 13.6. The summed E-state index contributed by atoms with van der Waals surface area (Å²) in [5.74, 6) is -0.950. The Hall–Kier alpha value is -2.28. The number of amides is 1. The Morgan fingerprint density at radius 3 is 2.73 bits per heavy atom. The molecule has 0 aliphatic carbocycles. The molecule has 11 atom stereocenters. The molecule has 2 fully saturated rings. The van der Waals surface area contributed by atoms with Crippen molar-refractivity contribution in [3.05, 3.63) is 36.0 Å². The summed E-state index contributed by atoms with van der Waals surface area (Å²) in [4.78, 5) is 28.3. The van der Waals surface area contributed by atoms with E-state index in [1.807, 2.05) is 27.7 Å². The van der Waals surface area contributed by atoms with Gasteiger partial charge in [0.15, 0.2) is 6.10 Å². The number of aliphatic hydroxyl groups is 4. The van der Waals surface area contributed by atoms with E-state index in [4.69, 9.17) is 14.2 Å². The zero-order chi connectivity index (χ0) is 36.4. The van der Waals surface area contributed by atoms with Crippen LogP contribution in [0.4, 0.5) is 4.79 Å². The Balaban J connectivity index is 1.78. The fraction of sp³-hybridized carbons (Fsp3) is 0.789. The van der Waals surface area contributed by atoms with Crippen molar-refractivity contribution in [1.29, 1.82) is 0 Å². The number of nitrogens with zero attached hydrogens (tertiary/aromatic N) is 1. The number of allylic oxidation sites excluding steroid dienone is 2. The normalized spacial score (nSPS) is 35.2. The van der Waals surface area contributed by atoms with Crippen LogP contribution < -0.4 is 5.32 Å². The number of unbranched alkanes of at least 4 members (excludes halogenated alkanes) is 1. The predicted molar refractivity (Wildman–Crippen MR) is 189 cm³/mol. The van der Waals surface area contributed by atoms with Crippen LogP contribution in [0.2, 0.25) is 0 Å². The smallest absolute Gasteiger partial charge is 0.410 e. The van der Waals surface area contributed by atoms with Gasteiger partial charge in [0.2, 0.25) is 0 Å². The van der Waals surface area contributed by atoms with Gasteiger partial charge in [-0.2, -0.15) is 0 Å². The van der Waals surface area contributed by atoms with E-state index in [9.17, 15) is 30.0 Å². The maximum Gasteiger partial charge on any atom is 0.410 e. The van der Waals surface area contributed by atoms with E-state index < -0.39 is 47.7 Å². The Morgan fingerprint density at radius 1 is 1.31 bits per heavy atom. The van der Waals surface area contributed by atoms with E-state index >= 15 is 0 Å². The molecule has 2 saturated heterocycles. The van der Waals surface area contributed by atoms with Gasteiger partial charge in [0.05, 0.1) is 36.4 Å². The molecule has 3 heterocycles. The summed E-state index contributed by atoms with van der Waals surface area (Å²) >= 11 is 0. The van der Waals surface area contributed by atoms with Gasteiger partial charge in [-0.25, -0.2) is 4.79 Å². The minimum Gasteiger partial charge on any atom is -0.457 e. The highest BCUT2D eigenvalue weighted by Crippen LogP contribution is 2.37. The summed E-state index contributed by atoms with van der Waals surface area (Å²) in [6, 6.07) is -0.00275. The van der Waals surface area contributed by atoms with Gasteiger partial charge >= 0.3 is 12.1 Å². The molecule has 0 aromatic carbocycles. The number of cyclic esters (lactones) is 1. The van der Waals surface area contributed by atoms with Crippen LogP contribution in [-0.4, -0.2) is 111 Å². The number of epoxide rings is 1. The minimum absolute atomic E-state index is 0.00275. The zero-order valence-corrected chi connectivity index (χ0v) is 30.8. The van der Waals surface area contributed by atoms with Crippen LogP contribution in [0, 0.1) is 11.8 Å². The number of hydrogen-bond acceptors (Lipinski definition) is 10. The molecule has 0 saturated carbocycles. The summed E-state index contributed by atoms with van der Waals surface area (Å²) in [6.07, 6.45) is 9.45. The lowest BCUT2D eigenvalue weighted by Gasteiger charge is -2.35. The third-order valence-corrected chi connectivity index (χ3v) is 10.3. The lowest BCUT2D eigenvalue weighted by atomic mass is 9.88. The Morgan fingerprint density at radius 2 is 2.04 bits per heavy atom. The standard InChI is InChI=1S/C38H64N2O9/c1-8-10-14-28-24-39-20-12-21-40(28)36(44)48-32-16-15-26(4)34(49-33(43)22-29(41)17-19-38(32,7)46)25(3)13-11-18-37(6,45)23-31-35(47-31)27(5)30(42)9-2/h11,13,15-16,18,26-32,34-35,39,41-42,45-46H,8-10,12,14,17,19-24H2,1-7H3/b16-15+,18-11+,25-13+. The van der Waals surface area contributed by atoms with Gasteiger partial charge in [0.1, 0.15) is 11.7 Å². The minimum atomic E-state index is -1.50. The fourth-order valence-corrected chi connectivity index (χ4v) is 6.85. The first-order chi connectivity index (χ1) is 23.1. The second-order valence-corrected chi connectivity index (χ2v) is 15.1. The van der Waals surface area contributed by atoms with Crippen LogP contribution in [0.3, 0.4) is 0 Å². The lowest BCUT2D eigenvalue weighted by molar-refractivity contribution is -0.151. The van der Waals surface area contributed by atoms with E-state index in [-0.39, 0.29) is 49.3 Å². The first kappa shape index (κ1) is 41.1. The van der Waals surface area contributed by atoms with Crippen molar-refractivity contribution in [3.8, 4) is 0 Å². The summed E-state index contributed by atoms with van der Waals surface area (Å²) in [7, 11) is 0. The van der Waals surface area contributed by atoms with Gasteiger partial charge in [0.25, 0.3) is 0 Å². The average molecular weight is 693 g/mol. The van der Waals surface area contributed by atoms with E-state index in [0.29, 0.717) is 31.5 Å². The topological polar surface area (TPSA) is 161 Å². The van der Waals surface area contributed by atoms with Gasteiger partial charge in [-0.05, 0) is 71.1 Å². The summed E-state index contributed by atoms with van der Waals surface area (Å²) in [5.41, 5.74) is -1.95. The van der Waals surface area contributed by atoms with Crippen molar-refractivity contribution < 1.29 is 44.2 Å². The molecular weight excluding hydrogens is 628 g/mol. The summed E-state index contributed by atoms with van der Waals surface area (Å²) in [6.45, 7) is 15.1. The number of aliphatic hydroxyl groups excluding tert-OH is 2. The van der Waals surface area contributed by atoms with E-state index in [1.54, 1.807) is 49.1 Å². The van der Waals surface area contributed by atoms with E-state index in [0.717, 1.165) is 32.2 Å². The van der Waals surface area contributed by atoms with Crippen molar-refractivity contribution in [2.45, 2.75) is 160 Å². The molecule has 11 nitrogen and oxygen atoms in total. The number of hydrogen-bond donors (Lipinski definition) is 5. The number of carbonyl (C=O) groups is 2. The van der Waals surface area contributed by atoms with Crippen LogP contribution in [0.1, 0.15) is 106 Å². The Kier molecular flexibility index (Phi) is 15.8. The fourth-order valence-electron chi connectivity index (χ4n) is 6.85. The van der Waals surface area contributed by atoms with Gasteiger partial charge in [-0.15, -0.1) is 0 Å². The van der Waals surface area contributed by atoms with Gasteiger partial charge in [0, 0.05) is 37.4 Å². The summed E-state index contributed by atoms with van der Waals surface area (Å²) in [5, 5.41) is 46.9. The number of nitrogens with one attached hydrogen (secondary N) is 1. The van der Waals surface area contributed by atoms with Gasteiger partial charge in [-0.3, -0.25) is 4.79 Å². The molecule has 3 aliphatic heterocycles. The van der Waals surface area contributed by atoms with Crippen molar-refractivity contribution in [2.24, 2.45) is 11.8 Å². The van der Waals surface area contributed by atoms with E-state index in [1.165, 1.54) is 0 Å². The molecule has 0 aromatic heterocycles. The highest BCUT2D eigenvalue weighted by molar-refractivity contribution is 5.70. The van der Waals surface area contributed by atoms with Crippen molar-refractivity contribution in [1.82, 2.24) is 10.2 Å². The quantitative estimate of drug-likeness (QED) is 0.0849. The van der Waals surface area contributed by atoms with Crippen LogP contribution in [0.25, 0.3) is 0 Å². The molecule has 3 aliphatic rings. The van der Waals surface area contributed by atoms with Crippen LogP contribution >= 0.6 is 0 Å². The van der Waals surface area contributed by atoms with Crippen molar-refractivity contribution in [3.63, 3.8) is 0 Å². The number of rotatable bonds is 12. The predicted octanol–water partition coefficient (Wildman–Crippen LogP) is 4.56. The second-order valence-electron chi connectivity index (χ2n) is 15.1. The highest BCUT2D eigenvalue weighted by Gasteiger charge is 2.47. The van der Waals surface area contributed by atoms with Crippen LogP contribution in [0.15, 0.2) is 36.0 Å². The van der Waals surface area contributed by atoms with Crippen LogP contribution in [-0.2, 0) is 19.0 Å². The molecule has 11 heteroatoms. The molecule has 11 unspecified atom stereocenters. The van der Waals surface area contributed by atoms with Crippen LogP contribution in [0.5, 0.6) is 0 Å². The number of esters is 1. The largest absolute Gasteiger partial charge is 0.457 e. The second kappa shape index (κ2) is 18.8. The Labute approximate surface area is 293 Å². The number of ether oxygens (including phenoxy) is 3. The maximum absolute atomic E-state index is 13.6. The molecule has 0 aromatic rings. The molecule has 0 spiro atoms. The Bertz CT molecular complexity index is 1150. The molecule has 0 radical (unpaired) electrons. The van der Waals surface area contributed by atoms with Crippen molar-refractivity contribution in [2.75, 3.05) is 19.6 Å². The number of carbonyl (C=O) groups excluding carboxylic acids is 2. The zero-order valence-electron chi connectivity index (χ0n) is 30.8. The SMILES string of the molecule is CCCCC1CNCCCN1C(=O)OC1/C=C/C(C)C(/C(C)=C/C=C/C(C)(O)CC2OC2C(C)C(O)CC)OC(=O)CC(O)CCC1(C)O. The third-order valence-electron chi connectivity index (χ3n) is 10.3. The van der Waals surface area contributed by atoms with Gasteiger partial charge < -0.3 is 44.9 Å². The molecule has 280 valence electrons. The monoisotopic (exact) mass is 692 g/mol. The van der Waals surface area contributed by atoms with Gasteiger partial charge in [-0.1, -0.05) is 64.8 Å². The van der Waals surface area contributed by atoms with E-state index in [2.05, 4.69) is 12.2 Å². The molecule has 5 N–H and O–H groups in total. The molecular formula is C38H64N2O9. The first-order valence-electron chi connectivity index (χ1n) is 18.5. The lowest BCUT2D eigenvalue weighted by Crippen LogP contribution is -2.48. The summed E-state index contributed by atoms with van der Waals surface area (Å²) < 4.78 is 17.7. The molecule has 3 rings (SSSR count).